The lowest BCUT2D eigenvalue weighted by Gasteiger charge is -2.05. The zero-order valence-corrected chi connectivity index (χ0v) is 9.51. The molecular weight excluding hydrogens is 224 g/mol. The summed E-state index contributed by atoms with van der Waals surface area (Å²) in [6.45, 7) is 0. The quantitative estimate of drug-likeness (QED) is 0.460. The molecule has 86 valence electrons. The summed E-state index contributed by atoms with van der Waals surface area (Å²) in [4.78, 5) is 12.2. The van der Waals surface area contributed by atoms with Gasteiger partial charge in [0.15, 0.2) is 0 Å². The Kier molecular flexibility index (Phi) is 1.67. The largest absolute Gasteiger partial charge is 0.383 e. The fraction of sp³-hybridized carbons (Fsp3) is 0. The number of rotatable bonds is 0. The second-order valence-corrected chi connectivity index (χ2v) is 4.30. The minimum absolute atomic E-state index is 0.534. The van der Waals surface area contributed by atoms with Crippen LogP contribution in [0.25, 0.3) is 32.7 Å². The molecule has 0 unspecified atom stereocenters. The maximum absolute atomic E-state index is 6.00. The predicted molar refractivity (Wildman–Crippen MR) is 73.3 cm³/mol. The van der Waals surface area contributed by atoms with E-state index in [2.05, 4.69) is 15.0 Å². The van der Waals surface area contributed by atoms with Gasteiger partial charge in [-0.05, 0) is 12.1 Å². The van der Waals surface area contributed by atoms with Gasteiger partial charge in [0.25, 0.3) is 0 Å². The summed E-state index contributed by atoms with van der Waals surface area (Å²) in [6.07, 6.45) is 3.71. The fourth-order valence-electron chi connectivity index (χ4n) is 2.42. The van der Waals surface area contributed by atoms with E-state index in [1.165, 1.54) is 0 Å². The molecule has 4 nitrogen and oxygen atoms in total. The summed E-state index contributed by atoms with van der Waals surface area (Å²) >= 11 is 0. The predicted octanol–water partition coefficient (Wildman–Crippen LogP) is 2.85. The highest BCUT2D eigenvalue weighted by Crippen LogP contribution is 2.30. The number of hydrogen-bond donors (Lipinski definition) is 2. The minimum atomic E-state index is 0.534. The van der Waals surface area contributed by atoms with E-state index in [-0.39, 0.29) is 0 Å². The topological polar surface area (TPSA) is 67.6 Å². The van der Waals surface area contributed by atoms with Gasteiger partial charge in [-0.1, -0.05) is 18.2 Å². The van der Waals surface area contributed by atoms with E-state index in [0.29, 0.717) is 5.82 Å². The van der Waals surface area contributed by atoms with Crippen LogP contribution in [0.2, 0.25) is 0 Å². The first-order valence-corrected chi connectivity index (χ1v) is 5.74. The summed E-state index contributed by atoms with van der Waals surface area (Å²) < 4.78 is 0. The number of aromatic nitrogens is 3. The Bertz CT molecular complexity index is 892. The maximum atomic E-state index is 6.00. The maximum Gasteiger partial charge on any atom is 0.133 e. The number of fused-ring (bicyclic) bond motifs is 5. The molecule has 4 heteroatoms. The zero-order chi connectivity index (χ0) is 12.1. The molecule has 4 rings (SSSR count). The monoisotopic (exact) mass is 234 g/mol. The molecule has 1 aromatic carbocycles. The van der Waals surface area contributed by atoms with Crippen LogP contribution in [0.4, 0.5) is 5.82 Å². The van der Waals surface area contributed by atoms with Gasteiger partial charge in [0.1, 0.15) is 5.82 Å². The number of nitrogens with two attached hydrogens (primary N) is 1. The lowest BCUT2D eigenvalue weighted by atomic mass is 10.1. The highest BCUT2D eigenvalue weighted by Gasteiger charge is 2.10. The van der Waals surface area contributed by atoms with Crippen LogP contribution < -0.4 is 5.73 Å². The molecule has 3 N–H and O–H groups in total. The second kappa shape index (κ2) is 3.20. The van der Waals surface area contributed by atoms with Crippen molar-refractivity contribution < 1.29 is 0 Å². The van der Waals surface area contributed by atoms with Gasteiger partial charge >= 0.3 is 0 Å². The number of anilines is 1. The Morgan fingerprint density at radius 3 is 2.78 bits per heavy atom. The highest BCUT2D eigenvalue weighted by atomic mass is 14.9. The number of para-hydroxylation sites is 1. The van der Waals surface area contributed by atoms with Gasteiger partial charge in [-0.2, -0.15) is 0 Å². The standard InChI is InChI=1S/C14H10N4/c15-14-9-5-6-16-12(9)10-7-17-11-4-2-1-3-8(11)13(10)18-14/h1-7,17H,15H2. The van der Waals surface area contributed by atoms with Crippen molar-refractivity contribution in [2.45, 2.75) is 0 Å². The molecule has 0 spiro atoms. The molecule has 3 aromatic heterocycles. The van der Waals surface area contributed by atoms with Crippen molar-refractivity contribution >= 4 is 38.5 Å². The molecule has 0 radical (unpaired) electrons. The number of H-pyrrole nitrogens is 1. The van der Waals surface area contributed by atoms with Crippen molar-refractivity contribution in [1.29, 1.82) is 0 Å². The van der Waals surface area contributed by atoms with Crippen molar-refractivity contribution in [1.82, 2.24) is 15.0 Å². The second-order valence-electron chi connectivity index (χ2n) is 4.30. The number of nitrogens with one attached hydrogen (secondary N) is 1. The van der Waals surface area contributed by atoms with Crippen molar-refractivity contribution in [3.8, 4) is 0 Å². The first kappa shape index (κ1) is 9.41. The van der Waals surface area contributed by atoms with Crippen LogP contribution in [0.15, 0.2) is 42.7 Å². The van der Waals surface area contributed by atoms with E-state index in [4.69, 9.17) is 5.73 Å². The van der Waals surface area contributed by atoms with Gasteiger partial charge in [-0.25, -0.2) is 4.98 Å². The van der Waals surface area contributed by atoms with Gasteiger partial charge in [0.2, 0.25) is 0 Å². The molecule has 4 aromatic rings. The summed E-state index contributed by atoms with van der Waals surface area (Å²) in [5.41, 5.74) is 8.84. The van der Waals surface area contributed by atoms with Crippen LogP contribution in [0.1, 0.15) is 0 Å². The number of nitrogens with zero attached hydrogens (tertiary/aromatic N) is 2. The van der Waals surface area contributed by atoms with E-state index in [1.54, 1.807) is 6.20 Å². The third kappa shape index (κ3) is 1.09. The summed E-state index contributed by atoms with van der Waals surface area (Å²) in [6, 6.07) is 9.94. The SMILES string of the molecule is Nc1nc2c3ccccc3[nH]cc2c2nccc12. The first-order valence-electron chi connectivity index (χ1n) is 5.74. The van der Waals surface area contributed by atoms with Crippen LogP contribution in [-0.4, -0.2) is 15.0 Å². The van der Waals surface area contributed by atoms with E-state index >= 15 is 0 Å². The number of nitrogen functional groups attached to an aromatic ring is 1. The van der Waals surface area contributed by atoms with E-state index in [1.807, 2.05) is 36.5 Å². The average Bonchev–Trinajstić information content (AvgIpc) is 2.89. The van der Waals surface area contributed by atoms with Crippen LogP contribution in [0.3, 0.4) is 0 Å². The molecule has 3 heterocycles. The van der Waals surface area contributed by atoms with Gasteiger partial charge in [-0.3, -0.25) is 4.98 Å². The molecule has 0 bridgehead atoms. The molecular formula is C14H10N4. The average molecular weight is 234 g/mol. The molecule has 18 heavy (non-hydrogen) atoms. The minimum Gasteiger partial charge on any atom is -0.383 e. The Morgan fingerprint density at radius 2 is 1.83 bits per heavy atom. The first-order chi connectivity index (χ1) is 8.84. The number of pyridine rings is 2. The fourth-order valence-corrected chi connectivity index (χ4v) is 2.42. The molecule has 0 aliphatic heterocycles. The summed E-state index contributed by atoms with van der Waals surface area (Å²) in [7, 11) is 0. The Labute approximate surface area is 102 Å². The van der Waals surface area contributed by atoms with E-state index in [9.17, 15) is 0 Å². The van der Waals surface area contributed by atoms with Crippen molar-refractivity contribution in [3.63, 3.8) is 0 Å². The van der Waals surface area contributed by atoms with Crippen molar-refractivity contribution in [2.24, 2.45) is 0 Å². The zero-order valence-electron chi connectivity index (χ0n) is 9.51. The number of aromatic amines is 1. The van der Waals surface area contributed by atoms with Gasteiger partial charge in [-0.15, -0.1) is 0 Å². The van der Waals surface area contributed by atoms with Gasteiger partial charge in [0, 0.05) is 34.1 Å². The third-order valence-corrected chi connectivity index (χ3v) is 3.27. The van der Waals surface area contributed by atoms with Gasteiger partial charge < -0.3 is 10.7 Å². The number of hydrogen-bond acceptors (Lipinski definition) is 3. The lowest BCUT2D eigenvalue weighted by Crippen LogP contribution is -1.93. The molecule has 0 aliphatic carbocycles. The molecule has 0 saturated heterocycles. The molecule has 0 aliphatic rings. The van der Waals surface area contributed by atoms with Crippen LogP contribution in [0.5, 0.6) is 0 Å². The lowest BCUT2D eigenvalue weighted by molar-refractivity contribution is 1.40. The highest BCUT2D eigenvalue weighted by molar-refractivity contribution is 6.15. The van der Waals surface area contributed by atoms with E-state index in [0.717, 1.165) is 32.7 Å². The normalized spacial score (nSPS) is 11.6. The summed E-state index contributed by atoms with van der Waals surface area (Å²) in [5, 5.41) is 2.97. The van der Waals surface area contributed by atoms with Crippen molar-refractivity contribution in [3.05, 3.63) is 42.7 Å². The Morgan fingerprint density at radius 1 is 0.944 bits per heavy atom. The molecule has 0 amide bonds. The molecule has 0 fully saturated rings. The smallest absolute Gasteiger partial charge is 0.133 e. The Hall–Kier alpha value is -2.62. The van der Waals surface area contributed by atoms with Gasteiger partial charge in [0.05, 0.1) is 11.0 Å². The molecule has 0 atom stereocenters. The third-order valence-electron chi connectivity index (χ3n) is 3.27. The molecule has 0 saturated carbocycles. The van der Waals surface area contributed by atoms with Crippen LogP contribution in [0, 0.1) is 0 Å². The summed E-state index contributed by atoms with van der Waals surface area (Å²) in [5.74, 6) is 0.534. The number of benzene rings is 1. The van der Waals surface area contributed by atoms with Crippen LogP contribution in [-0.2, 0) is 0 Å². The Balaban J connectivity index is 2.36. The van der Waals surface area contributed by atoms with Crippen molar-refractivity contribution in [2.75, 3.05) is 5.73 Å². The van der Waals surface area contributed by atoms with E-state index < -0.39 is 0 Å². The van der Waals surface area contributed by atoms with Crippen LogP contribution >= 0.6 is 0 Å².